The maximum absolute atomic E-state index is 12.4. The second-order valence-corrected chi connectivity index (χ2v) is 7.39. The van der Waals surface area contributed by atoms with Crippen LogP contribution in [-0.4, -0.2) is 30.1 Å². The molecule has 25 heavy (non-hydrogen) atoms. The van der Waals surface area contributed by atoms with E-state index in [-0.39, 0.29) is 11.4 Å². The van der Waals surface area contributed by atoms with Crippen molar-refractivity contribution in [1.29, 1.82) is 0 Å². The molecule has 3 aromatic rings. The predicted molar refractivity (Wildman–Crippen MR) is 92.3 cm³/mol. The van der Waals surface area contributed by atoms with Gasteiger partial charge in [0.05, 0.1) is 4.90 Å². The van der Waals surface area contributed by atoms with Gasteiger partial charge in [0.15, 0.2) is 0 Å². The van der Waals surface area contributed by atoms with Crippen molar-refractivity contribution in [2.45, 2.75) is 25.2 Å². The van der Waals surface area contributed by atoms with Crippen molar-refractivity contribution < 1.29 is 12.8 Å². The van der Waals surface area contributed by atoms with E-state index >= 15 is 0 Å². The minimum absolute atomic E-state index is 0.174. The van der Waals surface area contributed by atoms with Gasteiger partial charge in [-0.25, -0.2) is 13.1 Å². The summed E-state index contributed by atoms with van der Waals surface area (Å²) in [5.74, 6) is 0.754. The summed E-state index contributed by atoms with van der Waals surface area (Å²) in [4.78, 5) is 4.21. The van der Waals surface area contributed by atoms with Crippen molar-refractivity contribution in [3.8, 4) is 11.5 Å². The number of hydrogen-bond donors (Lipinski definition) is 1. The number of aromatic nitrogens is 3. The molecule has 0 atom stereocenters. The molecule has 0 aliphatic rings. The van der Waals surface area contributed by atoms with Crippen LogP contribution in [0.1, 0.15) is 17.0 Å². The van der Waals surface area contributed by atoms with Gasteiger partial charge in [-0.05, 0) is 37.6 Å². The molecule has 1 aromatic carbocycles. The zero-order chi connectivity index (χ0) is 17.9. The lowest BCUT2D eigenvalue weighted by atomic mass is 10.2. The van der Waals surface area contributed by atoms with Crippen LogP contribution in [0.5, 0.6) is 0 Å². The first-order valence-electron chi connectivity index (χ1n) is 7.75. The van der Waals surface area contributed by atoms with E-state index < -0.39 is 10.0 Å². The van der Waals surface area contributed by atoms with E-state index in [4.69, 9.17) is 4.42 Å². The Morgan fingerprint density at radius 2 is 1.84 bits per heavy atom. The van der Waals surface area contributed by atoms with E-state index in [1.165, 1.54) is 0 Å². The zero-order valence-electron chi connectivity index (χ0n) is 13.9. The van der Waals surface area contributed by atoms with Crippen molar-refractivity contribution in [2.75, 3.05) is 6.54 Å². The van der Waals surface area contributed by atoms with Crippen LogP contribution < -0.4 is 4.72 Å². The van der Waals surface area contributed by atoms with Crippen molar-refractivity contribution in [3.63, 3.8) is 0 Å². The van der Waals surface area contributed by atoms with Gasteiger partial charge in [0.1, 0.15) is 0 Å². The van der Waals surface area contributed by atoms with Crippen LogP contribution in [0.3, 0.4) is 0 Å². The van der Waals surface area contributed by atoms with Gasteiger partial charge in [-0.15, -0.1) is 10.2 Å². The first kappa shape index (κ1) is 17.2. The Balaban J connectivity index is 1.64. The predicted octanol–water partition coefficient (Wildman–Crippen LogP) is 2.27. The van der Waals surface area contributed by atoms with E-state index in [1.807, 2.05) is 13.0 Å². The third-order valence-corrected chi connectivity index (χ3v) is 5.27. The van der Waals surface area contributed by atoms with Crippen LogP contribution in [0.25, 0.3) is 11.5 Å². The molecule has 0 aliphatic heterocycles. The normalized spacial score (nSPS) is 11.6. The number of hydrogen-bond acceptors (Lipinski definition) is 6. The topological polar surface area (TPSA) is 98.0 Å². The smallest absolute Gasteiger partial charge is 0.247 e. The highest BCUT2D eigenvalue weighted by Crippen LogP contribution is 2.17. The Morgan fingerprint density at radius 3 is 2.56 bits per heavy atom. The molecular weight excluding hydrogens is 340 g/mol. The third kappa shape index (κ3) is 4.09. The van der Waals surface area contributed by atoms with E-state index in [0.29, 0.717) is 23.8 Å². The lowest BCUT2D eigenvalue weighted by Gasteiger charge is -2.09. The van der Waals surface area contributed by atoms with E-state index in [1.54, 1.807) is 43.6 Å². The van der Waals surface area contributed by atoms with Gasteiger partial charge >= 0.3 is 0 Å². The van der Waals surface area contributed by atoms with Gasteiger partial charge in [0.2, 0.25) is 21.8 Å². The van der Waals surface area contributed by atoms with Crippen molar-refractivity contribution in [2.24, 2.45) is 0 Å². The van der Waals surface area contributed by atoms with Crippen LogP contribution in [0.4, 0.5) is 0 Å². The molecule has 0 amide bonds. The largest absolute Gasteiger partial charge is 0.421 e. The zero-order valence-corrected chi connectivity index (χ0v) is 14.7. The summed E-state index contributed by atoms with van der Waals surface area (Å²) in [6.45, 7) is 3.88. The van der Waals surface area contributed by atoms with Gasteiger partial charge in [0.25, 0.3) is 0 Å². The SMILES string of the molecule is Cc1ccc(S(=O)(=O)NCCc2nnc(-c3ccncc3)o2)c(C)c1. The van der Waals surface area contributed by atoms with Crippen LogP contribution >= 0.6 is 0 Å². The fraction of sp³-hybridized carbons (Fsp3) is 0.235. The Morgan fingerprint density at radius 1 is 1.08 bits per heavy atom. The molecule has 0 bridgehead atoms. The first-order chi connectivity index (χ1) is 12.0. The molecule has 0 saturated carbocycles. The van der Waals surface area contributed by atoms with Crippen LogP contribution in [0.15, 0.2) is 52.0 Å². The van der Waals surface area contributed by atoms with Crippen LogP contribution in [-0.2, 0) is 16.4 Å². The lowest BCUT2D eigenvalue weighted by molar-refractivity contribution is 0.502. The Bertz CT molecular complexity index is 969. The van der Waals surface area contributed by atoms with Gasteiger partial charge < -0.3 is 4.42 Å². The van der Waals surface area contributed by atoms with E-state index in [2.05, 4.69) is 19.9 Å². The number of benzene rings is 1. The third-order valence-electron chi connectivity index (χ3n) is 3.65. The van der Waals surface area contributed by atoms with Crippen molar-refractivity contribution in [1.82, 2.24) is 19.9 Å². The standard InChI is InChI=1S/C17H18N4O3S/c1-12-3-4-15(13(2)11-12)25(22,23)19-10-7-16-20-21-17(24-16)14-5-8-18-9-6-14/h3-6,8-9,11,19H,7,10H2,1-2H3. The van der Waals surface area contributed by atoms with Gasteiger partial charge in [-0.2, -0.15) is 0 Å². The molecule has 0 aliphatic carbocycles. The average Bonchev–Trinajstić information content (AvgIpc) is 3.04. The summed E-state index contributed by atoms with van der Waals surface area (Å²) in [6, 6.07) is 8.76. The van der Waals surface area contributed by atoms with Crippen LogP contribution in [0.2, 0.25) is 0 Å². The quantitative estimate of drug-likeness (QED) is 0.726. The maximum atomic E-state index is 12.4. The lowest BCUT2D eigenvalue weighted by Crippen LogP contribution is -2.26. The first-order valence-corrected chi connectivity index (χ1v) is 9.24. The average molecular weight is 358 g/mol. The summed E-state index contributed by atoms with van der Waals surface area (Å²) in [5.41, 5.74) is 2.50. The van der Waals surface area contributed by atoms with Gasteiger partial charge in [-0.3, -0.25) is 4.98 Å². The molecular formula is C17H18N4O3S. The van der Waals surface area contributed by atoms with Crippen LogP contribution in [0, 0.1) is 13.8 Å². The van der Waals surface area contributed by atoms with E-state index in [9.17, 15) is 8.42 Å². The number of nitrogens with one attached hydrogen (secondary N) is 1. The summed E-state index contributed by atoms with van der Waals surface area (Å²) >= 11 is 0. The second kappa shape index (κ2) is 7.12. The molecule has 0 fully saturated rings. The minimum atomic E-state index is -3.57. The fourth-order valence-corrected chi connectivity index (χ4v) is 3.69. The number of aryl methyl sites for hydroxylation is 2. The molecule has 0 spiro atoms. The molecule has 0 saturated heterocycles. The number of rotatable bonds is 6. The highest BCUT2D eigenvalue weighted by atomic mass is 32.2. The molecule has 130 valence electrons. The van der Waals surface area contributed by atoms with Gasteiger partial charge in [-0.1, -0.05) is 17.7 Å². The Labute approximate surface area is 146 Å². The summed E-state index contributed by atoms with van der Waals surface area (Å²) in [5, 5.41) is 7.90. The minimum Gasteiger partial charge on any atom is -0.421 e. The summed E-state index contributed by atoms with van der Waals surface area (Å²) in [6.07, 6.45) is 3.58. The Hall–Kier alpha value is -2.58. The molecule has 0 radical (unpaired) electrons. The van der Waals surface area contributed by atoms with Crippen molar-refractivity contribution in [3.05, 3.63) is 59.7 Å². The second-order valence-electron chi connectivity index (χ2n) is 5.65. The number of pyridine rings is 1. The van der Waals surface area contributed by atoms with E-state index in [0.717, 1.165) is 11.1 Å². The summed E-state index contributed by atoms with van der Waals surface area (Å²) in [7, 11) is -3.57. The monoisotopic (exact) mass is 358 g/mol. The Kier molecular flexibility index (Phi) is 4.91. The van der Waals surface area contributed by atoms with Gasteiger partial charge in [0, 0.05) is 30.9 Å². The molecule has 7 nitrogen and oxygen atoms in total. The fourth-order valence-electron chi connectivity index (χ4n) is 2.44. The van der Waals surface area contributed by atoms with Crippen molar-refractivity contribution >= 4 is 10.0 Å². The molecule has 0 unspecified atom stereocenters. The molecule has 2 heterocycles. The molecule has 8 heteroatoms. The molecule has 1 N–H and O–H groups in total. The highest BCUT2D eigenvalue weighted by molar-refractivity contribution is 7.89. The summed E-state index contributed by atoms with van der Waals surface area (Å²) < 4.78 is 32.9. The number of nitrogens with zero attached hydrogens (tertiary/aromatic N) is 3. The highest BCUT2D eigenvalue weighted by Gasteiger charge is 2.17. The molecule has 2 aromatic heterocycles. The maximum Gasteiger partial charge on any atom is 0.247 e. The number of sulfonamides is 1. The molecule has 3 rings (SSSR count).